The van der Waals surface area contributed by atoms with E-state index in [4.69, 9.17) is 19.9 Å². The van der Waals surface area contributed by atoms with E-state index in [0.29, 0.717) is 41.1 Å². The number of nitrogens with two attached hydrogens (primary N) is 1. The van der Waals surface area contributed by atoms with Crippen molar-refractivity contribution in [3.05, 3.63) is 178 Å². The Morgan fingerprint density at radius 1 is 0.490 bits per heavy atom. The molecule has 4 fully saturated rings. The molecule has 5 aromatic carbocycles. The molecular formula is C75H96N8O14S3. The van der Waals surface area contributed by atoms with Gasteiger partial charge in [-0.2, -0.15) is 35.3 Å². The molecule has 7 amide bonds. The second kappa shape index (κ2) is 39.9. The quantitative estimate of drug-likeness (QED) is 0.0108. The molecule has 22 nitrogen and oxygen atoms in total. The highest BCUT2D eigenvalue weighted by Gasteiger charge is 2.50. The average molecular weight is 1430 g/mol. The predicted molar refractivity (Wildman–Crippen MR) is 387 cm³/mol. The third-order valence-corrected chi connectivity index (χ3v) is 21.5. The van der Waals surface area contributed by atoms with Crippen LogP contribution in [0.25, 0.3) is 0 Å². The summed E-state index contributed by atoms with van der Waals surface area (Å²) in [7, 11) is 0. The molecule has 0 radical (unpaired) electrons. The third kappa shape index (κ3) is 25.3. The molecule has 9 rings (SSSR count). The Balaban J connectivity index is 0.975. The highest BCUT2D eigenvalue weighted by Crippen LogP contribution is 2.54. The Labute approximate surface area is 598 Å². The van der Waals surface area contributed by atoms with E-state index < -0.39 is 115 Å². The first-order valence-electron chi connectivity index (χ1n) is 34.3. The molecule has 0 heterocycles. The van der Waals surface area contributed by atoms with Gasteiger partial charge in [-0.05, 0) is 131 Å². The lowest BCUT2D eigenvalue weighted by atomic mass is 9.55. The molecule has 4 aliphatic rings. The first-order chi connectivity index (χ1) is 48.2. The second-order valence-corrected chi connectivity index (χ2v) is 29.6. The fourth-order valence-electron chi connectivity index (χ4n) is 12.8. The molecule has 0 aliphatic heterocycles. The van der Waals surface area contributed by atoms with Crippen LogP contribution in [0.3, 0.4) is 0 Å². The molecule has 0 unspecified atom stereocenters. The van der Waals surface area contributed by atoms with Gasteiger partial charge in [0, 0.05) is 41.1 Å². The topological polar surface area (TPSA) is 332 Å². The lowest BCUT2D eigenvalue weighted by Gasteiger charge is -2.53. The van der Waals surface area contributed by atoms with Crippen molar-refractivity contribution in [2.45, 2.75) is 170 Å². The van der Waals surface area contributed by atoms with Crippen molar-refractivity contribution in [3.8, 4) is 0 Å². The highest BCUT2D eigenvalue weighted by molar-refractivity contribution is 7.99. The standard InChI is InChI=1S/C75H96N8O14S3/c1-46-18-24-52(25-19-46)40-98-43-62(80-68(87)59(76)36-65(86)97-67-57-32-55-31-56(34-57)35-58(67)33-55)71(90)78-60(17-11-12-30-77-75(94)96-39-51-15-9-6-10-16-51)69(88)81-63(44-99-41-53-26-20-47(2)21-27-53)72(91)83-66(49(4)85)73(92)79-61(37-84)70(89)82-64(45-100-42-54-28-22-48(3)23-29-54)74(93)95-38-50-13-7-5-8-14-50/h5-10,13-16,18-29,49,55-64,66-67,84-85H,11-12,17,30-45,76H2,1-4H3,(H,77,94)(H,78,90)(H,79,92)(H,80,87)(H,81,88)(H,82,89)(H,83,91)/t49-,55?,56?,57?,58?,59+,60+,61+,62+,63+,64+,66+,67?/m1/s1. The Morgan fingerprint density at radius 3 is 1.40 bits per heavy atom. The van der Waals surface area contributed by atoms with Crippen molar-refractivity contribution < 1.29 is 67.6 Å². The summed E-state index contributed by atoms with van der Waals surface area (Å²) in [5, 5.41) is 40.4. The van der Waals surface area contributed by atoms with E-state index in [1.54, 1.807) is 24.3 Å². The zero-order valence-electron chi connectivity index (χ0n) is 57.2. The molecule has 11 N–H and O–H groups in total. The maximum atomic E-state index is 15.0. The Hall–Kier alpha value is -7.94. The summed E-state index contributed by atoms with van der Waals surface area (Å²) in [6.45, 7) is 6.19. The lowest BCUT2D eigenvalue weighted by Crippen LogP contribution is -2.62. The summed E-state index contributed by atoms with van der Waals surface area (Å²) in [4.78, 5) is 127. The van der Waals surface area contributed by atoms with Crippen molar-refractivity contribution in [1.29, 1.82) is 0 Å². The number of nitrogens with one attached hydrogen (secondary N) is 7. The minimum atomic E-state index is -1.79. The molecular weight excluding hydrogens is 1330 g/mol. The van der Waals surface area contributed by atoms with Crippen molar-refractivity contribution >= 4 is 88.8 Å². The van der Waals surface area contributed by atoms with Crippen LogP contribution >= 0.6 is 35.3 Å². The van der Waals surface area contributed by atoms with Crippen molar-refractivity contribution in [1.82, 2.24) is 37.2 Å². The van der Waals surface area contributed by atoms with Crippen molar-refractivity contribution in [3.63, 3.8) is 0 Å². The maximum absolute atomic E-state index is 15.0. The van der Waals surface area contributed by atoms with Crippen LogP contribution < -0.4 is 43.0 Å². The molecule has 0 aromatic heterocycles. The smallest absolute Gasteiger partial charge is 0.407 e. The second-order valence-electron chi connectivity index (χ2n) is 26.5. The summed E-state index contributed by atoms with van der Waals surface area (Å²) < 4.78 is 17.1. The summed E-state index contributed by atoms with van der Waals surface area (Å²) >= 11 is 3.95. The molecule has 4 saturated carbocycles. The zero-order chi connectivity index (χ0) is 71.5. The van der Waals surface area contributed by atoms with Crippen LogP contribution in [-0.2, 0) is 83.0 Å². The lowest BCUT2D eigenvalue weighted by molar-refractivity contribution is -0.171. The van der Waals surface area contributed by atoms with E-state index >= 15 is 4.79 Å². The molecule has 8 atom stereocenters. The van der Waals surface area contributed by atoms with Crippen LogP contribution in [0.4, 0.5) is 4.79 Å². The van der Waals surface area contributed by atoms with Crippen molar-refractivity contribution in [2.75, 3.05) is 30.4 Å². The normalized spacial score (nSPS) is 19.0. The minimum Gasteiger partial charge on any atom is -0.462 e. The van der Waals surface area contributed by atoms with Gasteiger partial charge in [-0.25, -0.2) is 9.59 Å². The molecule has 25 heteroatoms. The number of aliphatic hydroxyl groups is 2. The summed E-state index contributed by atoms with van der Waals surface area (Å²) in [5.74, 6) is -3.69. The van der Waals surface area contributed by atoms with Gasteiger partial charge in [0.15, 0.2) is 0 Å². The van der Waals surface area contributed by atoms with Crippen LogP contribution in [0.1, 0.15) is 109 Å². The SMILES string of the molecule is Cc1ccc(CSC[C@H](NC(=O)[C@H](CCCCNC(=O)OCc2ccccc2)NC(=O)[C@H](CSCc2ccc(C)cc2)NC(=O)[C@@H](N)CC(=O)OC2C3CC4CC(C3)CC2C4)C(=O)N[C@H](C(=O)N[C@@H](CO)C(=O)N[C@@H](CSCc2ccc(C)cc2)C(=O)OCc2ccccc2)[C@@H](C)O)cc1. The number of esters is 2. The number of hydrogen-bond donors (Lipinski definition) is 10. The monoisotopic (exact) mass is 1430 g/mol. The Kier molecular flexibility index (Phi) is 31.0. The molecule has 5 aromatic rings. The van der Waals surface area contributed by atoms with Crippen LogP contribution in [0.2, 0.25) is 0 Å². The number of rotatable bonds is 39. The van der Waals surface area contributed by atoms with E-state index in [1.165, 1.54) is 48.6 Å². The van der Waals surface area contributed by atoms with Crippen LogP contribution in [0.5, 0.6) is 0 Å². The first-order valence-corrected chi connectivity index (χ1v) is 37.7. The van der Waals surface area contributed by atoms with Gasteiger partial charge >= 0.3 is 18.0 Å². The van der Waals surface area contributed by atoms with Gasteiger partial charge in [-0.1, -0.05) is 150 Å². The molecule has 4 aliphatic carbocycles. The fraction of sp³-hybridized carbons (Fsp3) is 0.480. The average Bonchev–Trinajstić information content (AvgIpc) is 0.761. The predicted octanol–water partition coefficient (Wildman–Crippen LogP) is 6.92. The summed E-state index contributed by atoms with van der Waals surface area (Å²) in [6, 6.07) is 31.1. The van der Waals surface area contributed by atoms with Crippen LogP contribution in [-0.4, -0.2) is 149 Å². The van der Waals surface area contributed by atoms with E-state index in [2.05, 4.69) is 37.2 Å². The van der Waals surface area contributed by atoms with Gasteiger partial charge < -0.3 is 67.4 Å². The molecule has 100 heavy (non-hydrogen) atoms. The van der Waals surface area contributed by atoms with Gasteiger partial charge in [-0.15, -0.1) is 0 Å². The molecule has 0 spiro atoms. The first kappa shape index (κ1) is 77.8. The van der Waals surface area contributed by atoms with Gasteiger partial charge in [-0.3, -0.25) is 33.6 Å². The number of hydrogen-bond acceptors (Lipinski definition) is 18. The van der Waals surface area contributed by atoms with E-state index in [-0.39, 0.29) is 67.8 Å². The number of ether oxygens (including phenoxy) is 3. The van der Waals surface area contributed by atoms with Crippen LogP contribution in [0, 0.1) is 44.4 Å². The largest absolute Gasteiger partial charge is 0.462 e. The molecule has 0 saturated heterocycles. The number of aliphatic hydroxyl groups excluding tert-OH is 2. The number of carbonyl (C=O) groups is 9. The zero-order valence-corrected chi connectivity index (χ0v) is 59.7. The fourth-order valence-corrected chi connectivity index (χ4v) is 15.8. The Morgan fingerprint density at radius 2 is 0.910 bits per heavy atom. The summed E-state index contributed by atoms with van der Waals surface area (Å²) in [6.07, 6.45) is 2.79. The van der Waals surface area contributed by atoms with Gasteiger partial charge in [0.25, 0.3) is 0 Å². The number of aryl methyl sites for hydroxylation is 3. The molecule has 538 valence electrons. The maximum Gasteiger partial charge on any atom is 0.407 e. The molecule has 4 bridgehead atoms. The van der Waals surface area contributed by atoms with Gasteiger partial charge in [0.1, 0.15) is 55.6 Å². The number of thioether (sulfide) groups is 3. The highest BCUT2D eigenvalue weighted by atomic mass is 32.2. The van der Waals surface area contributed by atoms with Crippen LogP contribution in [0.15, 0.2) is 133 Å². The van der Waals surface area contributed by atoms with Gasteiger partial charge in [0.05, 0.1) is 25.2 Å². The number of unbranched alkanes of at least 4 members (excludes halogenated alkanes) is 1. The number of carbonyl (C=O) groups excluding carboxylic acids is 9. The van der Waals surface area contributed by atoms with E-state index in [0.717, 1.165) is 64.6 Å². The van der Waals surface area contributed by atoms with Gasteiger partial charge in [0.2, 0.25) is 35.4 Å². The Bertz CT molecular complexity index is 3460. The summed E-state index contributed by atoms with van der Waals surface area (Å²) in [5.41, 5.74) is 13.9. The van der Waals surface area contributed by atoms with Crippen molar-refractivity contribution in [2.24, 2.45) is 29.4 Å². The number of benzene rings is 5. The van der Waals surface area contributed by atoms with E-state index in [9.17, 15) is 48.6 Å². The minimum absolute atomic E-state index is 0.00249. The third-order valence-electron chi connectivity index (χ3n) is 18.2. The number of alkyl carbamates (subject to hydrolysis) is 1. The number of amides is 7. The van der Waals surface area contributed by atoms with E-state index in [1.807, 2.05) is 130 Å².